The minimum Gasteiger partial charge on any atom is -0.491 e. The SMILES string of the molecule is CCN(Cc1ccc(Cl)s1)C(=O)Nc1ccccc1OCCCOC. The Morgan fingerprint density at radius 2 is 2.04 bits per heavy atom. The number of methoxy groups -OCH3 is 1. The topological polar surface area (TPSA) is 50.8 Å². The van der Waals surface area contributed by atoms with Gasteiger partial charge in [-0.05, 0) is 31.2 Å². The van der Waals surface area contributed by atoms with Crippen molar-refractivity contribution in [2.75, 3.05) is 32.2 Å². The third kappa shape index (κ3) is 6.23. The van der Waals surface area contributed by atoms with Crippen molar-refractivity contribution >= 4 is 34.7 Å². The summed E-state index contributed by atoms with van der Waals surface area (Å²) in [5.41, 5.74) is 0.660. The highest BCUT2D eigenvalue weighted by Crippen LogP contribution is 2.26. The van der Waals surface area contributed by atoms with Gasteiger partial charge in [0.15, 0.2) is 0 Å². The first-order chi connectivity index (χ1) is 12.1. The number of halogens is 1. The number of carbonyl (C=O) groups is 1. The number of rotatable bonds is 9. The average Bonchev–Trinajstić information content (AvgIpc) is 3.03. The summed E-state index contributed by atoms with van der Waals surface area (Å²) in [4.78, 5) is 15.4. The van der Waals surface area contributed by atoms with E-state index in [1.165, 1.54) is 11.3 Å². The van der Waals surface area contributed by atoms with Crippen LogP contribution in [0.5, 0.6) is 5.75 Å². The molecule has 0 radical (unpaired) electrons. The molecule has 7 heteroatoms. The second kappa shape index (κ2) is 10.3. The van der Waals surface area contributed by atoms with Crippen molar-refractivity contribution in [3.05, 3.63) is 45.6 Å². The number of benzene rings is 1. The van der Waals surface area contributed by atoms with Crippen LogP contribution in [0.3, 0.4) is 0 Å². The number of para-hydroxylation sites is 2. The molecular weight excluding hydrogens is 360 g/mol. The fourth-order valence-electron chi connectivity index (χ4n) is 2.23. The normalized spacial score (nSPS) is 10.5. The zero-order valence-electron chi connectivity index (χ0n) is 14.5. The van der Waals surface area contributed by atoms with Gasteiger partial charge in [0, 0.05) is 31.6 Å². The van der Waals surface area contributed by atoms with Crippen molar-refractivity contribution in [2.24, 2.45) is 0 Å². The molecular formula is C18H23ClN2O3S. The van der Waals surface area contributed by atoms with Crippen LogP contribution in [0, 0.1) is 0 Å². The van der Waals surface area contributed by atoms with Crippen molar-refractivity contribution in [1.82, 2.24) is 4.90 Å². The van der Waals surface area contributed by atoms with Crippen LogP contribution in [0.25, 0.3) is 0 Å². The van der Waals surface area contributed by atoms with Crippen LogP contribution < -0.4 is 10.1 Å². The van der Waals surface area contributed by atoms with E-state index in [0.29, 0.717) is 37.7 Å². The van der Waals surface area contributed by atoms with Gasteiger partial charge in [0.05, 0.1) is 23.2 Å². The molecule has 0 fully saturated rings. The van der Waals surface area contributed by atoms with Gasteiger partial charge in [-0.1, -0.05) is 23.7 Å². The molecule has 0 aliphatic carbocycles. The van der Waals surface area contributed by atoms with Gasteiger partial charge in [0.2, 0.25) is 0 Å². The van der Waals surface area contributed by atoms with E-state index in [9.17, 15) is 4.79 Å². The molecule has 0 bridgehead atoms. The molecule has 25 heavy (non-hydrogen) atoms. The molecule has 0 saturated carbocycles. The number of carbonyl (C=O) groups excluding carboxylic acids is 1. The van der Waals surface area contributed by atoms with E-state index in [2.05, 4.69) is 5.32 Å². The standard InChI is InChI=1S/C18H23ClN2O3S/c1-3-21(13-14-9-10-17(19)25-14)18(22)20-15-7-4-5-8-16(15)24-12-6-11-23-2/h4-5,7-10H,3,6,11-13H2,1-2H3,(H,20,22). The lowest BCUT2D eigenvalue weighted by molar-refractivity contribution is 0.172. The van der Waals surface area contributed by atoms with E-state index in [0.717, 1.165) is 15.6 Å². The smallest absolute Gasteiger partial charge is 0.322 e. The number of hydrogen-bond acceptors (Lipinski definition) is 4. The number of thiophene rings is 1. The Morgan fingerprint density at radius 3 is 2.72 bits per heavy atom. The number of nitrogens with zero attached hydrogens (tertiary/aromatic N) is 1. The number of hydrogen-bond donors (Lipinski definition) is 1. The second-order valence-electron chi connectivity index (χ2n) is 5.34. The highest BCUT2D eigenvalue weighted by atomic mass is 35.5. The van der Waals surface area contributed by atoms with Gasteiger partial charge in [-0.25, -0.2) is 4.79 Å². The Kier molecular flexibility index (Phi) is 8.04. The predicted molar refractivity (Wildman–Crippen MR) is 103 cm³/mol. The highest BCUT2D eigenvalue weighted by Gasteiger charge is 2.15. The fraction of sp³-hybridized carbons (Fsp3) is 0.389. The summed E-state index contributed by atoms with van der Waals surface area (Å²) in [5.74, 6) is 0.655. The van der Waals surface area contributed by atoms with Crippen molar-refractivity contribution < 1.29 is 14.3 Å². The summed E-state index contributed by atoms with van der Waals surface area (Å²) in [6.45, 7) is 4.24. The number of ether oxygens (including phenoxy) is 2. The van der Waals surface area contributed by atoms with Crippen LogP contribution in [0.15, 0.2) is 36.4 Å². The summed E-state index contributed by atoms with van der Waals surface area (Å²) < 4.78 is 11.5. The van der Waals surface area contributed by atoms with E-state index >= 15 is 0 Å². The average molecular weight is 383 g/mol. The van der Waals surface area contributed by atoms with Crippen LogP contribution in [0.1, 0.15) is 18.2 Å². The Labute approximate surface area is 157 Å². The Hall–Kier alpha value is -1.76. The predicted octanol–water partition coefficient (Wildman–Crippen LogP) is 4.87. The molecule has 2 aromatic rings. The molecule has 0 atom stereocenters. The first-order valence-electron chi connectivity index (χ1n) is 8.15. The monoisotopic (exact) mass is 382 g/mol. The van der Waals surface area contributed by atoms with E-state index in [1.54, 1.807) is 12.0 Å². The minimum absolute atomic E-state index is 0.167. The number of nitrogens with one attached hydrogen (secondary N) is 1. The lowest BCUT2D eigenvalue weighted by Crippen LogP contribution is -2.34. The van der Waals surface area contributed by atoms with Crippen molar-refractivity contribution in [1.29, 1.82) is 0 Å². The molecule has 0 spiro atoms. The van der Waals surface area contributed by atoms with Crippen LogP contribution in [0.4, 0.5) is 10.5 Å². The van der Waals surface area contributed by atoms with Gasteiger partial charge in [0.25, 0.3) is 0 Å². The number of amides is 2. The summed E-state index contributed by atoms with van der Waals surface area (Å²) in [7, 11) is 1.66. The van der Waals surface area contributed by atoms with E-state index in [4.69, 9.17) is 21.1 Å². The Morgan fingerprint density at radius 1 is 1.24 bits per heavy atom. The van der Waals surface area contributed by atoms with Crippen molar-refractivity contribution in [2.45, 2.75) is 19.9 Å². The molecule has 1 heterocycles. The molecule has 2 amide bonds. The van der Waals surface area contributed by atoms with Gasteiger partial charge in [-0.15, -0.1) is 11.3 Å². The van der Waals surface area contributed by atoms with Crippen LogP contribution in [-0.4, -0.2) is 37.8 Å². The van der Waals surface area contributed by atoms with Crippen LogP contribution >= 0.6 is 22.9 Å². The highest BCUT2D eigenvalue weighted by molar-refractivity contribution is 7.16. The lowest BCUT2D eigenvalue weighted by Gasteiger charge is -2.21. The Bertz CT molecular complexity index is 678. The molecule has 0 unspecified atom stereocenters. The van der Waals surface area contributed by atoms with Gasteiger partial charge < -0.3 is 19.7 Å². The zero-order chi connectivity index (χ0) is 18.1. The quantitative estimate of drug-likeness (QED) is 0.629. The maximum atomic E-state index is 12.6. The van der Waals surface area contributed by atoms with Gasteiger partial charge in [-0.3, -0.25) is 0 Å². The van der Waals surface area contributed by atoms with Crippen molar-refractivity contribution in [3.63, 3.8) is 0 Å². The van der Waals surface area contributed by atoms with Gasteiger partial charge >= 0.3 is 6.03 Å². The summed E-state index contributed by atoms with van der Waals surface area (Å²) >= 11 is 7.44. The Balaban J connectivity index is 1.98. The van der Waals surface area contributed by atoms with Gasteiger partial charge in [-0.2, -0.15) is 0 Å². The second-order valence-corrected chi connectivity index (χ2v) is 7.14. The van der Waals surface area contributed by atoms with Crippen molar-refractivity contribution in [3.8, 4) is 5.75 Å². The first-order valence-corrected chi connectivity index (χ1v) is 9.34. The summed E-state index contributed by atoms with van der Waals surface area (Å²) in [5, 5.41) is 2.93. The molecule has 1 aromatic carbocycles. The maximum absolute atomic E-state index is 12.6. The lowest BCUT2D eigenvalue weighted by atomic mass is 10.3. The zero-order valence-corrected chi connectivity index (χ0v) is 16.0. The summed E-state index contributed by atoms with van der Waals surface area (Å²) in [6, 6.07) is 11.0. The van der Waals surface area contributed by atoms with E-state index in [1.807, 2.05) is 43.3 Å². The molecule has 2 rings (SSSR count). The third-order valence-electron chi connectivity index (χ3n) is 3.52. The van der Waals surface area contributed by atoms with Crippen LogP contribution in [0.2, 0.25) is 4.34 Å². The molecule has 5 nitrogen and oxygen atoms in total. The molecule has 1 aromatic heterocycles. The van der Waals surface area contributed by atoms with E-state index in [-0.39, 0.29) is 6.03 Å². The number of anilines is 1. The maximum Gasteiger partial charge on any atom is 0.322 e. The molecule has 136 valence electrons. The molecule has 0 aliphatic rings. The largest absolute Gasteiger partial charge is 0.491 e. The minimum atomic E-state index is -0.167. The first kappa shape index (κ1) is 19.6. The molecule has 1 N–H and O–H groups in total. The number of urea groups is 1. The summed E-state index contributed by atoms with van der Waals surface area (Å²) in [6.07, 6.45) is 0.791. The molecule has 0 saturated heterocycles. The van der Waals surface area contributed by atoms with E-state index < -0.39 is 0 Å². The fourth-order valence-corrected chi connectivity index (χ4v) is 3.33. The van der Waals surface area contributed by atoms with Crippen LogP contribution in [-0.2, 0) is 11.3 Å². The van der Waals surface area contributed by atoms with Gasteiger partial charge in [0.1, 0.15) is 5.75 Å². The molecule has 0 aliphatic heterocycles. The third-order valence-corrected chi connectivity index (χ3v) is 4.74.